The number of rotatable bonds is 5. The van der Waals surface area contributed by atoms with Crippen LogP contribution >= 0.6 is 24.0 Å². The van der Waals surface area contributed by atoms with Gasteiger partial charge in [0.2, 0.25) is 5.91 Å². The number of carbonyl (C=O) groups excluding carboxylic acids is 1. The van der Waals surface area contributed by atoms with Crippen molar-refractivity contribution in [1.82, 2.24) is 15.5 Å². The number of hydrogen-bond acceptors (Lipinski definition) is 2. The van der Waals surface area contributed by atoms with Crippen molar-refractivity contribution >= 4 is 35.8 Å². The zero-order chi connectivity index (χ0) is 18.5. The van der Waals surface area contributed by atoms with Gasteiger partial charge in [-0.3, -0.25) is 4.79 Å². The first-order chi connectivity index (χ1) is 12.6. The SMILES string of the molecule is CCNC(=NCc1ccc2c(c1)CCC2)NC1CCN(C(=O)C(C)C)C1.I. The predicted octanol–water partition coefficient (Wildman–Crippen LogP) is 3.11. The molecule has 27 heavy (non-hydrogen) atoms. The van der Waals surface area contributed by atoms with Crippen LogP contribution in [-0.4, -0.2) is 42.4 Å². The van der Waals surface area contributed by atoms with E-state index in [2.05, 4.69) is 35.8 Å². The van der Waals surface area contributed by atoms with Gasteiger partial charge in [0.05, 0.1) is 6.54 Å². The van der Waals surface area contributed by atoms with Gasteiger partial charge in [-0.05, 0) is 49.3 Å². The third-order valence-corrected chi connectivity index (χ3v) is 5.26. The fraction of sp³-hybridized carbons (Fsp3) is 0.619. The van der Waals surface area contributed by atoms with Crippen LogP contribution in [0.1, 0.15) is 50.3 Å². The topological polar surface area (TPSA) is 56.7 Å². The van der Waals surface area contributed by atoms with Gasteiger partial charge in [-0.25, -0.2) is 4.99 Å². The molecule has 1 aromatic rings. The molecule has 1 amide bonds. The van der Waals surface area contributed by atoms with Crippen LogP contribution in [0.15, 0.2) is 23.2 Å². The molecular weight excluding hydrogens is 451 g/mol. The first-order valence-corrected chi connectivity index (χ1v) is 10.0. The van der Waals surface area contributed by atoms with Gasteiger partial charge in [-0.2, -0.15) is 0 Å². The van der Waals surface area contributed by atoms with Crippen molar-refractivity contribution < 1.29 is 4.79 Å². The Morgan fingerprint density at radius 2 is 2.07 bits per heavy atom. The molecule has 6 heteroatoms. The number of nitrogens with zero attached hydrogens (tertiary/aromatic N) is 2. The van der Waals surface area contributed by atoms with E-state index < -0.39 is 0 Å². The van der Waals surface area contributed by atoms with Crippen molar-refractivity contribution in [3.8, 4) is 0 Å². The molecule has 2 aliphatic rings. The summed E-state index contributed by atoms with van der Waals surface area (Å²) in [5, 5.41) is 6.84. The third kappa shape index (κ3) is 5.83. The van der Waals surface area contributed by atoms with Crippen molar-refractivity contribution in [2.75, 3.05) is 19.6 Å². The largest absolute Gasteiger partial charge is 0.357 e. The fourth-order valence-electron chi connectivity index (χ4n) is 3.85. The number of nitrogens with one attached hydrogen (secondary N) is 2. The van der Waals surface area contributed by atoms with Gasteiger partial charge in [-0.15, -0.1) is 24.0 Å². The molecule has 0 saturated carbocycles. The van der Waals surface area contributed by atoms with Crippen molar-refractivity contribution in [2.24, 2.45) is 10.9 Å². The van der Waals surface area contributed by atoms with Crippen LogP contribution < -0.4 is 10.6 Å². The van der Waals surface area contributed by atoms with E-state index in [9.17, 15) is 4.79 Å². The maximum atomic E-state index is 12.2. The standard InChI is InChI=1S/C21H32N4O.HI/c1-4-22-21(24-19-10-11-25(14-19)20(26)15(2)3)23-13-16-8-9-17-6-5-7-18(17)12-16;/h8-9,12,15,19H,4-7,10-11,13-14H2,1-3H3,(H2,22,23,24);1H. The Balaban J connectivity index is 0.00000261. The molecule has 3 rings (SSSR count). The molecular formula is C21H33IN4O. The Hall–Kier alpha value is -1.31. The van der Waals surface area contributed by atoms with E-state index in [4.69, 9.17) is 4.99 Å². The van der Waals surface area contributed by atoms with E-state index in [0.29, 0.717) is 6.54 Å². The normalized spacial score (nSPS) is 19.0. The number of hydrogen-bond donors (Lipinski definition) is 2. The molecule has 0 bridgehead atoms. The highest BCUT2D eigenvalue weighted by atomic mass is 127. The molecule has 1 atom stereocenters. The summed E-state index contributed by atoms with van der Waals surface area (Å²) in [4.78, 5) is 18.9. The lowest BCUT2D eigenvalue weighted by atomic mass is 10.1. The molecule has 150 valence electrons. The molecule has 1 aliphatic heterocycles. The Kier molecular flexibility index (Phi) is 8.38. The summed E-state index contributed by atoms with van der Waals surface area (Å²) < 4.78 is 0. The number of aliphatic imine (C=N–C) groups is 1. The van der Waals surface area contributed by atoms with Gasteiger partial charge in [0.1, 0.15) is 0 Å². The van der Waals surface area contributed by atoms with Gasteiger partial charge in [0, 0.05) is 31.6 Å². The Morgan fingerprint density at radius 3 is 2.81 bits per heavy atom. The fourth-order valence-corrected chi connectivity index (χ4v) is 3.85. The Morgan fingerprint density at radius 1 is 1.30 bits per heavy atom. The molecule has 1 saturated heterocycles. The molecule has 1 unspecified atom stereocenters. The summed E-state index contributed by atoms with van der Waals surface area (Å²) in [5.74, 6) is 1.15. The summed E-state index contributed by atoms with van der Waals surface area (Å²) in [7, 11) is 0. The summed E-state index contributed by atoms with van der Waals surface area (Å²) >= 11 is 0. The molecule has 1 fully saturated rings. The number of carbonyl (C=O) groups is 1. The molecule has 2 N–H and O–H groups in total. The van der Waals surface area contributed by atoms with E-state index in [1.165, 1.54) is 36.0 Å². The number of likely N-dealkylation sites (tertiary alicyclic amines) is 1. The maximum Gasteiger partial charge on any atom is 0.225 e. The van der Waals surface area contributed by atoms with Crippen molar-refractivity contribution in [2.45, 2.75) is 59.0 Å². The molecule has 1 aliphatic carbocycles. The zero-order valence-electron chi connectivity index (χ0n) is 16.8. The Labute approximate surface area is 180 Å². The minimum absolute atomic E-state index is 0. The zero-order valence-corrected chi connectivity index (χ0v) is 19.1. The summed E-state index contributed by atoms with van der Waals surface area (Å²) in [6.45, 7) is 9.12. The monoisotopic (exact) mass is 484 g/mol. The first kappa shape index (κ1) is 22.0. The van der Waals surface area contributed by atoms with Crippen LogP contribution in [0.4, 0.5) is 0 Å². The summed E-state index contributed by atoms with van der Waals surface area (Å²) in [6.07, 6.45) is 4.67. The van der Waals surface area contributed by atoms with Crippen molar-refractivity contribution in [3.05, 3.63) is 34.9 Å². The lowest BCUT2D eigenvalue weighted by Gasteiger charge is -2.20. The summed E-state index contributed by atoms with van der Waals surface area (Å²) in [6, 6.07) is 7.06. The lowest BCUT2D eigenvalue weighted by molar-refractivity contribution is -0.133. The molecule has 1 aromatic carbocycles. The minimum atomic E-state index is 0. The first-order valence-electron chi connectivity index (χ1n) is 10.0. The van der Waals surface area contributed by atoms with E-state index in [-0.39, 0.29) is 41.8 Å². The van der Waals surface area contributed by atoms with Crippen LogP contribution in [0, 0.1) is 5.92 Å². The van der Waals surface area contributed by atoms with Crippen LogP contribution in [0.2, 0.25) is 0 Å². The molecule has 0 aromatic heterocycles. The lowest BCUT2D eigenvalue weighted by Crippen LogP contribution is -2.45. The number of guanidine groups is 1. The van der Waals surface area contributed by atoms with Gasteiger partial charge >= 0.3 is 0 Å². The number of aryl methyl sites for hydroxylation is 2. The third-order valence-electron chi connectivity index (χ3n) is 5.26. The van der Waals surface area contributed by atoms with Crippen LogP contribution in [-0.2, 0) is 24.2 Å². The average Bonchev–Trinajstić information content (AvgIpc) is 3.27. The maximum absolute atomic E-state index is 12.2. The van der Waals surface area contributed by atoms with Crippen LogP contribution in [0.25, 0.3) is 0 Å². The highest BCUT2D eigenvalue weighted by Gasteiger charge is 2.27. The van der Waals surface area contributed by atoms with Gasteiger partial charge < -0.3 is 15.5 Å². The van der Waals surface area contributed by atoms with Gasteiger partial charge in [-0.1, -0.05) is 32.0 Å². The second-order valence-electron chi connectivity index (χ2n) is 7.72. The molecule has 5 nitrogen and oxygen atoms in total. The van der Waals surface area contributed by atoms with Crippen LogP contribution in [0.5, 0.6) is 0 Å². The van der Waals surface area contributed by atoms with E-state index in [1.807, 2.05) is 18.7 Å². The Bertz CT molecular complexity index is 674. The smallest absolute Gasteiger partial charge is 0.225 e. The second kappa shape index (κ2) is 10.3. The van der Waals surface area contributed by atoms with Crippen molar-refractivity contribution in [1.29, 1.82) is 0 Å². The molecule has 1 heterocycles. The number of halogens is 1. The van der Waals surface area contributed by atoms with Crippen molar-refractivity contribution in [3.63, 3.8) is 0 Å². The molecule has 0 spiro atoms. The molecule has 0 radical (unpaired) electrons. The average molecular weight is 484 g/mol. The van der Waals surface area contributed by atoms with E-state index in [1.54, 1.807) is 0 Å². The quantitative estimate of drug-likeness (QED) is 0.384. The highest BCUT2D eigenvalue weighted by molar-refractivity contribution is 14.0. The number of fused-ring (bicyclic) bond motifs is 1. The van der Waals surface area contributed by atoms with Gasteiger partial charge in [0.25, 0.3) is 0 Å². The predicted molar refractivity (Wildman–Crippen MR) is 122 cm³/mol. The van der Waals surface area contributed by atoms with E-state index in [0.717, 1.165) is 32.0 Å². The van der Waals surface area contributed by atoms with Gasteiger partial charge in [0.15, 0.2) is 5.96 Å². The minimum Gasteiger partial charge on any atom is -0.357 e. The van der Waals surface area contributed by atoms with E-state index >= 15 is 0 Å². The number of amides is 1. The van der Waals surface area contributed by atoms with Crippen LogP contribution in [0.3, 0.4) is 0 Å². The second-order valence-corrected chi connectivity index (χ2v) is 7.72. The summed E-state index contributed by atoms with van der Waals surface area (Å²) in [5.41, 5.74) is 4.27. The number of benzene rings is 1. The highest BCUT2D eigenvalue weighted by Crippen LogP contribution is 2.23.